The number of hydrogen-bond acceptors (Lipinski definition) is 2. The molecular formula is C11H20O2P+. The van der Waals surface area contributed by atoms with Gasteiger partial charge in [-0.1, -0.05) is 19.3 Å². The van der Waals surface area contributed by atoms with Gasteiger partial charge in [0.25, 0.3) is 0 Å². The van der Waals surface area contributed by atoms with Crippen molar-refractivity contribution < 1.29 is 9.09 Å². The van der Waals surface area contributed by atoms with Crippen molar-refractivity contribution in [3.8, 4) is 0 Å². The summed E-state index contributed by atoms with van der Waals surface area (Å²) in [5.74, 6) is 0.642. The van der Waals surface area contributed by atoms with Crippen LogP contribution in [0.25, 0.3) is 0 Å². The van der Waals surface area contributed by atoms with Crippen molar-refractivity contribution in [2.45, 2.75) is 46.0 Å². The molecule has 3 heteroatoms. The Morgan fingerprint density at radius 2 is 2.07 bits per heavy atom. The van der Waals surface area contributed by atoms with E-state index in [0.717, 1.165) is 5.31 Å². The molecule has 0 spiro atoms. The number of hydrogen-bond donors (Lipinski definition) is 0. The number of allylic oxidation sites excluding steroid dienone is 2. The van der Waals surface area contributed by atoms with Crippen LogP contribution in [0, 0.1) is 5.92 Å². The zero-order valence-corrected chi connectivity index (χ0v) is 10.1. The van der Waals surface area contributed by atoms with Gasteiger partial charge in [-0.25, -0.2) is 0 Å². The Balaban J connectivity index is 2.44. The minimum Gasteiger partial charge on any atom is -0.142 e. The Kier molecular flexibility index (Phi) is 5.36. The van der Waals surface area contributed by atoms with E-state index in [1.807, 2.05) is 13.8 Å². The summed E-state index contributed by atoms with van der Waals surface area (Å²) in [6.07, 6.45) is 8.67. The topological polar surface area (TPSA) is 26.3 Å². The quantitative estimate of drug-likeness (QED) is 0.655. The molecule has 0 aromatic rings. The molecule has 0 bridgehead atoms. The van der Waals surface area contributed by atoms with Crippen LogP contribution in [0.3, 0.4) is 0 Å². The first-order chi connectivity index (χ1) is 6.74. The van der Waals surface area contributed by atoms with Crippen molar-refractivity contribution in [2.75, 3.05) is 6.61 Å². The van der Waals surface area contributed by atoms with Crippen LogP contribution in [0.2, 0.25) is 0 Å². The molecular weight excluding hydrogens is 195 g/mol. The molecule has 0 saturated heterocycles. The molecule has 1 aliphatic rings. The second kappa shape index (κ2) is 6.31. The highest BCUT2D eigenvalue weighted by Crippen LogP contribution is 2.36. The first-order valence-corrected chi connectivity index (χ1v) is 6.70. The van der Waals surface area contributed by atoms with Crippen molar-refractivity contribution in [1.29, 1.82) is 0 Å². The zero-order chi connectivity index (χ0) is 10.4. The Bertz CT molecular complexity index is 217. The molecule has 1 fully saturated rings. The fourth-order valence-electron chi connectivity index (χ4n) is 1.92. The molecule has 0 aromatic carbocycles. The average Bonchev–Trinajstić information content (AvgIpc) is 2.19. The third-order valence-corrected chi connectivity index (χ3v) is 3.88. The largest absolute Gasteiger partial charge is 0.543 e. The predicted molar refractivity (Wildman–Crippen MR) is 59.6 cm³/mol. The summed E-state index contributed by atoms with van der Waals surface area (Å²) >= 11 is 0. The lowest BCUT2D eigenvalue weighted by Gasteiger charge is -2.17. The summed E-state index contributed by atoms with van der Waals surface area (Å²) in [5.41, 5.74) is 0. The van der Waals surface area contributed by atoms with Gasteiger partial charge in [0, 0.05) is 6.92 Å². The van der Waals surface area contributed by atoms with E-state index in [0.29, 0.717) is 12.5 Å². The first-order valence-electron chi connectivity index (χ1n) is 5.52. The van der Waals surface area contributed by atoms with Crippen LogP contribution in [0.4, 0.5) is 0 Å². The molecule has 0 amide bonds. The predicted octanol–water partition coefficient (Wildman–Crippen LogP) is 4.25. The van der Waals surface area contributed by atoms with E-state index >= 15 is 0 Å². The van der Waals surface area contributed by atoms with Gasteiger partial charge in [0.05, 0.1) is 0 Å². The fraction of sp³-hybridized carbons (Fsp3) is 0.818. The lowest BCUT2D eigenvalue weighted by Crippen LogP contribution is -2.03. The Hall–Kier alpha value is -0.200. The summed E-state index contributed by atoms with van der Waals surface area (Å²) < 4.78 is 16.6. The van der Waals surface area contributed by atoms with Crippen LogP contribution < -0.4 is 0 Å². The average molecular weight is 215 g/mol. The number of rotatable bonds is 4. The minimum atomic E-state index is -1.56. The van der Waals surface area contributed by atoms with Crippen molar-refractivity contribution in [3.63, 3.8) is 0 Å². The highest BCUT2D eigenvalue weighted by atomic mass is 31.1. The summed E-state index contributed by atoms with van der Waals surface area (Å²) in [6, 6.07) is 0. The SMILES string of the molecule is CCO[P+](=O)/C(C)=C/C1CCCCC1. The van der Waals surface area contributed by atoms with Crippen LogP contribution in [0.5, 0.6) is 0 Å². The Morgan fingerprint density at radius 1 is 1.43 bits per heavy atom. The lowest BCUT2D eigenvalue weighted by molar-refractivity contribution is 0.354. The van der Waals surface area contributed by atoms with Gasteiger partial charge in [-0.2, -0.15) is 0 Å². The summed E-state index contributed by atoms with van der Waals surface area (Å²) in [5, 5.41) is 0.925. The van der Waals surface area contributed by atoms with E-state index in [4.69, 9.17) is 4.52 Å². The van der Waals surface area contributed by atoms with E-state index in [-0.39, 0.29) is 0 Å². The lowest BCUT2D eigenvalue weighted by atomic mass is 9.89. The molecule has 1 rings (SSSR count). The molecule has 0 N–H and O–H groups in total. The summed E-state index contributed by atoms with van der Waals surface area (Å²) in [7, 11) is -1.56. The Morgan fingerprint density at radius 3 is 2.64 bits per heavy atom. The second-order valence-electron chi connectivity index (χ2n) is 3.88. The standard InChI is InChI=1S/C11H20O2P/c1-3-13-14(12)10(2)9-11-7-5-4-6-8-11/h9,11H,3-8H2,1-2H3/q+1/b10-9+. The smallest absolute Gasteiger partial charge is 0.142 e. The third kappa shape index (κ3) is 3.89. The van der Waals surface area contributed by atoms with Gasteiger partial charge in [0.15, 0.2) is 5.31 Å². The molecule has 1 aliphatic carbocycles. The monoisotopic (exact) mass is 215 g/mol. The summed E-state index contributed by atoms with van der Waals surface area (Å²) in [6.45, 7) is 4.33. The van der Waals surface area contributed by atoms with Gasteiger partial charge in [-0.05, 0) is 36.3 Å². The van der Waals surface area contributed by atoms with Crippen LogP contribution >= 0.6 is 8.03 Å². The molecule has 80 valence electrons. The molecule has 0 aromatic heterocycles. The highest BCUT2D eigenvalue weighted by molar-refractivity contribution is 7.44. The molecule has 2 nitrogen and oxygen atoms in total. The molecule has 14 heavy (non-hydrogen) atoms. The van der Waals surface area contributed by atoms with Crippen molar-refractivity contribution in [3.05, 3.63) is 11.4 Å². The van der Waals surface area contributed by atoms with E-state index in [2.05, 4.69) is 6.08 Å². The van der Waals surface area contributed by atoms with Gasteiger partial charge >= 0.3 is 8.03 Å². The molecule has 1 saturated carbocycles. The zero-order valence-electron chi connectivity index (χ0n) is 9.16. The van der Waals surface area contributed by atoms with Crippen molar-refractivity contribution >= 4 is 8.03 Å². The summed E-state index contributed by atoms with van der Waals surface area (Å²) in [4.78, 5) is 0. The minimum absolute atomic E-state index is 0.533. The fourth-order valence-corrected chi connectivity index (χ4v) is 2.69. The highest BCUT2D eigenvalue weighted by Gasteiger charge is 2.22. The van der Waals surface area contributed by atoms with Crippen LogP contribution in [-0.2, 0) is 9.09 Å². The molecule has 1 atom stereocenters. The van der Waals surface area contributed by atoms with Crippen molar-refractivity contribution in [2.24, 2.45) is 5.92 Å². The van der Waals surface area contributed by atoms with Gasteiger partial charge in [-0.3, -0.25) is 0 Å². The Labute approximate surface area is 87.6 Å². The van der Waals surface area contributed by atoms with Gasteiger partial charge in [-0.15, -0.1) is 4.52 Å². The maximum atomic E-state index is 11.5. The van der Waals surface area contributed by atoms with E-state index in [1.54, 1.807) is 0 Å². The van der Waals surface area contributed by atoms with Crippen LogP contribution in [0.1, 0.15) is 46.0 Å². The normalized spacial score (nSPS) is 21.0. The maximum Gasteiger partial charge on any atom is 0.543 e. The van der Waals surface area contributed by atoms with E-state index in [1.165, 1.54) is 32.1 Å². The molecule has 1 unspecified atom stereocenters. The molecule has 0 radical (unpaired) electrons. The van der Waals surface area contributed by atoms with Crippen molar-refractivity contribution in [1.82, 2.24) is 0 Å². The van der Waals surface area contributed by atoms with E-state index < -0.39 is 8.03 Å². The third-order valence-electron chi connectivity index (χ3n) is 2.66. The molecule has 0 heterocycles. The van der Waals surface area contributed by atoms with Gasteiger partial charge in [0.1, 0.15) is 6.61 Å². The van der Waals surface area contributed by atoms with Crippen LogP contribution in [-0.4, -0.2) is 6.61 Å². The maximum absolute atomic E-state index is 11.5. The van der Waals surface area contributed by atoms with Gasteiger partial charge < -0.3 is 0 Å². The first kappa shape index (κ1) is 11.9. The second-order valence-corrected chi connectivity index (χ2v) is 5.36. The van der Waals surface area contributed by atoms with E-state index in [9.17, 15) is 4.57 Å². The van der Waals surface area contributed by atoms with Gasteiger partial charge in [0.2, 0.25) is 0 Å². The van der Waals surface area contributed by atoms with Crippen LogP contribution in [0.15, 0.2) is 11.4 Å². The molecule has 0 aliphatic heterocycles.